The van der Waals surface area contributed by atoms with Gasteiger partial charge in [0.25, 0.3) is 0 Å². The smallest absolute Gasteiger partial charge is 0.339 e. The van der Waals surface area contributed by atoms with E-state index in [0.29, 0.717) is 6.07 Å². The van der Waals surface area contributed by atoms with Crippen molar-refractivity contribution in [3.05, 3.63) is 59.4 Å². The molecule has 0 aliphatic heterocycles. The summed E-state index contributed by atoms with van der Waals surface area (Å²) in [5, 5.41) is 0. The van der Waals surface area contributed by atoms with Crippen LogP contribution in [0.25, 0.3) is 0 Å². The molecule has 0 atom stereocenters. The molecule has 0 amide bonds. The molecule has 2 aromatic carbocycles. The number of hydrogen-bond acceptors (Lipinski definition) is 3. The van der Waals surface area contributed by atoms with E-state index in [0.717, 1.165) is 30.3 Å². The number of halogens is 3. The van der Waals surface area contributed by atoms with Gasteiger partial charge in [0.15, 0.2) is 11.6 Å². The SMILES string of the molecule is Cc1cc(S(=O)(=O)Oc2ccc(F)cc2F)ccc1F. The van der Waals surface area contributed by atoms with Gasteiger partial charge in [-0.2, -0.15) is 8.42 Å². The first-order chi connectivity index (χ1) is 9.29. The Labute approximate surface area is 113 Å². The van der Waals surface area contributed by atoms with Crippen LogP contribution in [0.2, 0.25) is 0 Å². The summed E-state index contributed by atoms with van der Waals surface area (Å²) in [7, 11) is -4.32. The van der Waals surface area contributed by atoms with Crippen LogP contribution in [0, 0.1) is 24.4 Å². The van der Waals surface area contributed by atoms with Crippen LogP contribution in [0.4, 0.5) is 13.2 Å². The summed E-state index contributed by atoms with van der Waals surface area (Å²) in [4.78, 5) is -0.319. The van der Waals surface area contributed by atoms with Crippen molar-refractivity contribution < 1.29 is 25.8 Å². The summed E-state index contributed by atoms with van der Waals surface area (Å²) in [5.74, 6) is -3.21. The van der Waals surface area contributed by atoms with Gasteiger partial charge in [-0.05, 0) is 42.8 Å². The second-order valence-corrected chi connectivity index (χ2v) is 5.57. The van der Waals surface area contributed by atoms with Gasteiger partial charge in [-0.1, -0.05) is 0 Å². The Morgan fingerprint density at radius 1 is 0.950 bits per heavy atom. The van der Waals surface area contributed by atoms with Crippen LogP contribution < -0.4 is 4.18 Å². The van der Waals surface area contributed by atoms with Crippen molar-refractivity contribution in [2.45, 2.75) is 11.8 Å². The monoisotopic (exact) mass is 302 g/mol. The minimum absolute atomic E-state index is 0.106. The van der Waals surface area contributed by atoms with Gasteiger partial charge < -0.3 is 4.18 Å². The zero-order valence-electron chi connectivity index (χ0n) is 10.2. The van der Waals surface area contributed by atoms with E-state index in [2.05, 4.69) is 4.18 Å². The summed E-state index contributed by atoms with van der Waals surface area (Å²) in [6, 6.07) is 5.25. The molecule has 0 heterocycles. The quantitative estimate of drug-likeness (QED) is 0.818. The molecule has 0 aromatic heterocycles. The lowest BCUT2D eigenvalue weighted by Gasteiger charge is -2.08. The summed E-state index contributed by atoms with van der Waals surface area (Å²) in [6.45, 7) is 1.38. The molecule has 0 radical (unpaired) electrons. The van der Waals surface area contributed by atoms with Crippen molar-refractivity contribution in [2.24, 2.45) is 0 Å². The average molecular weight is 302 g/mol. The fraction of sp³-hybridized carbons (Fsp3) is 0.0769. The Bertz CT molecular complexity index is 757. The van der Waals surface area contributed by atoms with Gasteiger partial charge in [-0.3, -0.25) is 0 Å². The van der Waals surface area contributed by atoms with Crippen LogP contribution in [0.15, 0.2) is 41.3 Å². The maximum Gasteiger partial charge on any atom is 0.339 e. The molecule has 0 saturated carbocycles. The van der Waals surface area contributed by atoms with Crippen LogP contribution in [0.5, 0.6) is 5.75 Å². The van der Waals surface area contributed by atoms with Crippen LogP contribution >= 0.6 is 0 Å². The highest BCUT2D eigenvalue weighted by Crippen LogP contribution is 2.23. The maximum atomic E-state index is 13.4. The zero-order valence-corrected chi connectivity index (χ0v) is 11.0. The molecule has 2 rings (SSSR count). The minimum atomic E-state index is -4.32. The third kappa shape index (κ3) is 2.93. The fourth-order valence-electron chi connectivity index (χ4n) is 1.48. The molecule has 0 N–H and O–H groups in total. The highest BCUT2D eigenvalue weighted by atomic mass is 32.2. The number of aryl methyl sites for hydroxylation is 1. The molecule has 0 aliphatic carbocycles. The van der Waals surface area contributed by atoms with Gasteiger partial charge in [0.05, 0.1) is 0 Å². The summed E-state index contributed by atoms with van der Waals surface area (Å²) >= 11 is 0. The van der Waals surface area contributed by atoms with E-state index >= 15 is 0 Å². The maximum absolute atomic E-state index is 13.4. The third-order valence-electron chi connectivity index (χ3n) is 2.51. The zero-order chi connectivity index (χ0) is 14.9. The Hall–Kier alpha value is -2.02. The molecule has 3 nitrogen and oxygen atoms in total. The first-order valence-corrected chi connectivity index (χ1v) is 6.86. The lowest BCUT2D eigenvalue weighted by atomic mass is 10.2. The van der Waals surface area contributed by atoms with Gasteiger partial charge in [0, 0.05) is 6.07 Å². The summed E-state index contributed by atoms with van der Waals surface area (Å²) in [6.07, 6.45) is 0. The summed E-state index contributed by atoms with van der Waals surface area (Å²) < 4.78 is 67.5. The predicted octanol–water partition coefficient (Wildman–Crippen LogP) is 3.18. The Kier molecular flexibility index (Phi) is 3.71. The van der Waals surface area contributed by atoms with E-state index in [4.69, 9.17) is 0 Å². The van der Waals surface area contributed by atoms with Crippen molar-refractivity contribution in [3.8, 4) is 5.75 Å². The van der Waals surface area contributed by atoms with Gasteiger partial charge >= 0.3 is 10.1 Å². The topological polar surface area (TPSA) is 43.4 Å². The number of rotatable bonds is 3. The molecule has 0 unspecified atom stereocenters. The van der Waals surface area contributed by atoms with Gasteiger partial charge in [0.1, 0.15) is 16.5 Å². The van der Waals surface area contributed by atoms with Gasteiger partial charge in [-0.25, -0.2) is 13.2 Å². The molecule has 2 aromatic rings. The molecule has 7 heteroatoms. The first kappa shape index (κ1) is 14.4. The van der Waals surface area contributed by atoms with Crippen LogP contribution in [0.1, 0.15) is 5.56 Å². The highest BCUT2D eigenvalue weighted by Gasteiger charge is 2.20. The lowest BCUT2D eigenvalue weighted by molar-refractivity contribution is 0.457. The summed E-state index contributed by atoms with van der Waals surface area (Å²) in [5.41, 5.74) is 0.106. The van der Waals surface area contributed by atoms with E-state index in [1.807, 2.05) is 0 Å². The van der Waals surface area contributed by atoms with Crippen molar-refractivity contribution in [1.29, 1.82) is 0 Å². The average Bonchev–Trinajstić information content (AvgIpc) is 2.36. The Balaban J connectivity index is 2.38. The van der Waals surface area contributed by atoms with E-state index in [9.17, 15) is 21.6 Å². The Morgan fingerprint density at radius 2 is 1.65 bits per heavy atom. The molecule has 0 aliphatic rings. The van der Waals surface area contributed by atoms with Crippen molar-refractivity contribution in [3.63, 3.8) is 0 Å². The molecule has 20 heavy (non-hydrogen) atoms. The molecular formula is C13H9F3O3S. The predicted molar refractivity (Wildman–Crippen MR) is 65.3 cm³/mol. The van der Waals surface area contributed by atoms with Crippen LogP contribution in [-0.4, -0.2) is 8.42 Å². The largest absolute Gasteiger partial charge is 0.376 e. The minimum Gasteiger partial charge on any atom is -0.376 e. The lowest BCUT2D eigenvalue weighted by Crippen LogP contribution is -2.11. The molecule has 0 spiro atoms. The highest BCUT2D eigenvalue weighted by molar-refractivity contribution is 7.87. The van der Waals surface area contributed by atoms with Crippen molar-refractivity contribution in [1.82, 2.24) is 0 Å². The fourth-order valence-corrected chi connectivity index (χ4v) is 2.51. The van der Waals surface area contributed by atoms with Crippen molar-refractivity contribution in [2.75, 3.05) is 0 Å². The standard InChI is InChI=1S/C13H9F3O3S/c1-8-6-10(3-4-11(8)15)20(17,18)19-13-5-2-9(14)7-12(13)16/h2-7H,1H3. The van der Waals surface area contributed by atoms with Gasteiger partial charge in [-0.15, -0.1) is 0 Å². The van der Waals surface area contributed by atoms with E-state index < -0.39 is 33.3 Å². The Morgan fingerprint density at radius 3 is 2.25 bits per heavy atom. The second-order valence-electron chi connectivity index (χ2n) is 4.02. The van der Waals surface area contributed by atoms with Crippen LogP contribution in [0.3, 0.4) is 0 Å². The molecular weight excluding hydrogens is 293 g/mol. The first-order valence-electron chi connectivity index (χ1n) is 5.45. The molecule has 106 valence electrons. The number of hydrogen-bond donors (Lipinski definition) is 0. The third-order valence-corrected chi connectivity index (χ3v) is 3.74. The van der Waals surface area contributed by atoms with E-state index in [1.54, 1.807) is 0 Å². The van der Waals surface area contributed by atoms with Crippen LogP contribution in [-0.2, 0) is 10.1 Å². The van der Waals surface area contributed by atoms with Gasteiger partial charge in [0.2, 0.25) is 0 Å². The molecule has 0 saturated heterocycles. The molecule has 0 bridgehead atoms. The second kappa shape index (κ2) is 5.16. The number of benzene rings is 2. The van der Waals surface area contributed by atoms with E-state index in [-0.39, 0.29) is 10.5 Å². The van der Waals surface area contributed by atoms with E-state index in [1.165, 1.54) is 6.92 Å². The molecule has 0 fully saturated rings. The van der Waals surface area contributed by atoms with Crippen molar-refractivity contribution >= 4 is 10.1 Å². The normalized spacial score (nSPS) is 11.4.